The summed E-state index contributed by atoms with van der Waals surface area (Å²) in [5.74, 6) is 0. The SMILES string of the molecule is CO[C@H]1CC=C2CCN3CCC4=C(CCOC4)[C@@]23C1. The monoisotopic (exact) mass is 261 g/mol. The van der Waals surface area contributed by atoms with Crippen molar-refractivity contribution in [3.63, 3.8) is 0 Å². The molecule has 1 spiro atoms. The minimum absolute atomic E-state index is 0.219. The Morgan fingerprint density at radius 3 is 3.11 bits per heavy atom. The van der Waals surface area contributed by atoms with E-state index in [0.717, 1.165) is 32.5 Å². The molecule has 0 bridgehead atoms. The maximum absolute atomic E-state index is 5.70. The third kappa shape index (κ3) is 1.61. The van der Waals surface area contributed by atoms with E-state index in [1.807, 2.05) is 7.11 Å². The summed E-state index contributed by atoms with van der Waals surface area (Å²) in [7, 11) is 1.86. The van der Waals surface area contributed by atoms with Gasteiger partial charge in [0.05, 0.1) is 24.9 Å². The van der Waals surface area contributed by atoms with E-state index in [0.29, 0.717) is 6.10 Å². The molecule has 0 amide bonds. The number of nitrogens with zero attached hydrogens (tertiary/aromatic N) is 1. The van der Waals surface area contributed by atoms with Crippen molar-refractivity contribution in [1.29, 1.82) is 0 Å². The van der Waals surface area contributed by atoms with Crippen molar-refractivity contribution in [2.24, 2.45) is 0 Å². The van der Waals surface area contributed by atoms with Crippen molar-refractivity contribution < 1.29 is 9.47 Å². The Morgan fingerprint density at radius 1 is 1.32 bits per heavy atom. The number of rotatable bonds is 1. The van der Waals surface area contributed by atoms with Gasteiger partial charge in [0.2, 0.25) is 0 Å². The van der Waals surface area contributed by atoms with E-state index in [-0.39, 0.29) is 5.54 Å². The first-order valence-electron chi connectivity index (χ1n) is 7.61. The highest BCUT2D eigenvalue weighted by atomic mass is 16.5. The molecule has 4 aliphatic rings. The fraction of sp³-hybridized carbons (Fsp3) is 0.750. The van der Waals surface area contributed by atoms with Gasteiger partial charge in [-0.3, -0.25) is 4.90 Å². The topological polar surface area (TPSA) is 21.7 Å². The Hall–Kier alpha value is -0.640. The predicted octanol–water partition coefficient (Wildman–Crippen LogP) is 2.29. The van der Waals surface area contributed by atoms with Crippen LogP contribution in [-0.4, -0.2) is 50.0 Å². The summed E-state index contributed by atoms with van der Waals surface area (Å²) in [4.78, 5) is 2.73. The molecule has 1 saturated heterocycles. The molecular weight excluding hydrogens is 238 g/mol. The lowest BCUT2D eigenvalue weighted by Crippen LogP contribution is -2.54. The molecule has 0 aromatic heterocycles. The number of ether oxygens (including phenoxy) is 2. The molecule has 3 heterocycles. The molecule has 3 nitrogen and oxygen atoms in total. The van der Waals surface area contributed by atoms with E-state index in [1.54, 1.807) is 16.7 Å². The van der Waals surface area contributed by atoms with Crippen LogP contribution in [0.1, 0.15) is 32.1 Å². The highest BCUT2D eigenvalue weighted by Crippen LogP contribution is 2.52. The van der Waals surface area contributed by atoms with Crippen LogP contribution in [0, 0.1) is 0 Å². The second-order valence-corrected chi connectivity index (χ2v) is 6.26. The molecule has 19 heavy (non-hydrogen) atoms. The van der Waals surface area contributed by atoms with Gasteiger partial charge in [0, 0.05) is 20.2 Å². The Morgan fingerprint density at radius 2 is 2.21 bits per heavy atom. The van der Waals surface area contributed by atoms with Gasteiger partial charge in [0.25, 0.3) is 0 Å². The first-order valence-corrected chi connectivity index (χ1v) is 7.61. The maximum Gasteiger partial charge on any atom is 0.0680 e. The molecular formula is C16H23NO2. The fourth-order valence-electron chi connectivity index (χ4n) is 4.69. The van der Waals surface area contributed by atoms with Gasteiger partial charge in [-0.2, -0.15) is 0 Å². The van der Waals surface area contributed by atoms with Crippen molar-refractivity contribution in [3.8, 4) is 0 Å². The number of hydrogen-bond acceptors (Lipinski definition) is 3. The average molecular weight is 261 g/mol. The summed E-state index contributed by atoms with van der Waals surface area (Å²) in [6, 6.07) is 0. The molecule has 1 aliphatic carbocycles. The Labute approximate surface area is 115 Å². The zero-order chi connectivity index (χ0) is 12.9. The largest absolute Gasteiger partial charge is 0.381 e. The summed E-state index contributed by atoms with van der Waals surface area (Å²) in [5.41, 5.74) is 5.17. The zero-order valence-electron chi connectivity index (χ0n) is 11.8. The van der Waals surface area contributed by atoms with Crippen LogP contribution in [0.4, 0.5) is 0 Å². The molecule has 3 aliphatic heterocycles. The lowest BCUT2D eigenvalue weighted by atomic mass is 9.69. The van der Waals surface area contributed by atoms with Gasteiger partial charge in [-0.15, -0.1) is 0 Å². The summed E-state index contributed by atoms with van der Waals surface area (Å²) in [5, 5.41) is 0. The molecule has 1 fully saturated rings. The molecule has 0 saturated carbocycles. The summed E-state index contributed by atoms with van der Waals surface area (Å²) >= 11 is 0. The van der Waals surface area contributed by atoms with E-state index in [1.165, 1.54) is 25.9 Å². The predicted molar refractivity (Wildman–Crippen MR) is 74.1 cm³/mol. The Balaban J connectivity index is 1.83. The Bertz CT molecular complexity index is 454. The van der Waals surface area contributed by atoms with Crippen LogP contribution in [0.25, 0.3) is 0 Å². The van der Waals surface area contributed by atoms with E-state index in [9.17, 15) is 0 Å². The molecule has 0 radical (unpaired) electrons. The number of methoxy groups -OCH3 is 1. The van der Waals surface area contributed by atoms with Crippen molar-refractivity contribution in [1.82, 2.24) is 4.90 Å². The first kappa shape index (κ1) is 12.1. The van der Waals surface area contributed by atoms with E-state index >= 15 is 0 Å². The lowest BCUT2D eigenvalue weighted by molar-refractivity contribution is 0.0339. The Kier molecular flexibility index (Phi) is 2.83. The van der Waals surface area contributed by atoms with Crippen LogP contribution in [0.5, 0.6) is 0 Å². The van der Waals surface area contributed by atoms with Gasteiger partial charge < -0.3 is 9.47 Å². The molecule has 0 unspecified atom stereocenters. The van der Waals surface area contributed by atoms with Crippen molar-refractivity contribution in [3.05, 3.63) is 22.8 Å². The quantitative estimate of drug-likeness (QED) is 0.676. The fourth-order valence-corrected chi connectivity index (χ4v) is 4.69. The maximum atomic E-state index is 5.70. The summed E-state index contributed by atoms with van der Waals surface area (Å²) in [6.07, 6.45) is 8.71. The second-order valence-electron chi connectivity index (χ2n) is 6.26. The second kappa shape index (κ2) is 4.44. The first-order chi connectivity index (χ1) is 9.34. The van der Waals surface area contributed by atoms with Gasteiger partial charge >= 0.3 is 0 Å². The van der Waals surface area contributed by atoms with Gasteiger partial charge in [0.1, 0.15) is 0 Å². The summed E-state index contributed by atoms with van der Waals surface area (Å²) in [6.45, 7) is 4.21. The van der Waals surface area contributed by atoms with Crippen molar-refractivity contribution in [2.75, 3.05) is 33.4 Å². The zero-order valence-corrected chi connectivity index (χ0v) is 11.8. The van der Waals surface area contributed by atoms with Crippen molar-refractivity contribution >= 4 is 0 Å². The molecule has 4 rings (SSSR count). The molecule has 0 aromatic rings. The van der Waals surface area contributed by atoms with Gasteiger partial charge in [0.15, 0.2) is 0 Å². The number of hydrogen-bond donors (Lipinski definition) is 0. The van der Waals surface area contributed by atoms with Crippen LogP contribution in [0.2, 0.25) is 0 Å². The molecule has 0 N–H and O–H groups in total. The van der Waals surface area contributed by atoms with Crippen LogP contribution < -0.4 is 0 Å². The van der Waals surface area contributed by atoms with Crippen LogP contribution >= 0.6 is 0 Å². The van der Waals surface area contributed by atoms with Crippen LogP contribution in [0.15, 0.2) is 22.8 Å². The lowest BCUT2D eigenvalue weighted by Gasteiger charge is -2.50. The minimum atomic E-state index is 0.219. The standard InChI is InChI=1S/C16H23NO2/c1-18-14-3-2-13-5-8-17-7-4-12-11-19-9-6-15(12)16(13,17)10-14/h2,14H,3-11H2,1H3/t14-,16+/m0/s1. The van der Waals surface area contributed by atoms with Crippen LogP contribution in [0.3, 0.4) is 0 Å². The highest BCUT2D eigenvalue weighted by Gasteiger charge is 2.52. The van der Waals surface area contributed by atoms with Gasteiger partial charge in [-0.05, 0) is 48.8 Å². The summed E-state index contributed by atoms with van der Waals surface area (Å²) < 4.78 is 11.4. The van der Waals surface area contributed by atoms with Gasteiger partial charge in [-0.25, -0.2) is 0 Å². The molecule has 2 atom stereocenters. The molecule has 104 valence electrons. The minimum Gasteiger partial charge on any atom is -0.381 e. The third-order valence-corrected chi connectivity index (χ3v) is 5.59. The van der Waals surface area contributed by atoms with E-state index in [2.05, 4.69) is 11.0 Å². The average Bonchev–Trinajstić information content (AvgIpc) is 2.86. The van der Waals surface area contributed by atoms with Gasteiger partial charge in [-0.1, -0.05) is 6.08 Å². The smallest absolute Gasteiger partial charge is 0.0680 e. The van der Waals surface area contributed by atoms with E-state index < -0.39 is 0 Å². The third-order valence-electron chi connectivity index (χ3n) is 5.59. The molecule has 0 aromatic carbocycles. The molecule has 3 heteroatoms. The highest BCUT2D eigenvalue weighted by molar-refractivity contribution is 5.46. The van der Waals surface area contributed by atoms with E-state index in [4.69, 9.17) is 9.47 Å². The van der Waals surface area contributed by atoms with Crippen molar-refractivity contribution in [2.45, 2.75) is 43.7 Å². The van der Waals surface area contributed by atoms with Crippen LogP contribution in [-0.2, 0) is 9.47 Å². The normalized spacial score (nSPS) is 38.6.